The van der Waals surface area contributed by atoms with Gasteiger partial charge in [-0.05, 0) is 38.5 Å². The van der Waals surface area contributed by atoms with Crippen LogP contribution in [0.5, 0.6) is 0 Å². The lowest BCUT2D eigenvalue weighted by Crippen LogP contribution is -2.52. The van der Waals surface area contributed by atoms with Crippen molar-refractivity contribution in [3.63, 3.8) is 0 Å². The fourth-order valence-corrected chi connectivity index (χ4v) is 5.81. The molecule has 0 bridgehead atoms. The number of nitrogens with zero attached hydrogens (tertiary/aromatic N) is 1. The Balaban J connectivity index is 5.00. The van der Waals surface area contributed by atoms with Crippen LogP contribution in [0.4, 0.5) is 0 Å². The third-order valence-electron chi connectivity index (χ3n) is 5.41. The Morgan fingerprint density at radius 1 is 0.781 bits per heavy atom. The van der Waals surface area contributed by atoms with Crippen molar-refractivity contribution in [3.8, 4) is 0 Å². The first-order valence-corrected chi connectivity index (χ1v) is 18.1. The van der Waals surface area contributed by atoms with Crippen molar-refractivity contribution in [2.75, 3.05) is 64.1 Å². The third kappa shape index (κ3) is 20.5. The molecule has 0 rings (SSSR count). The molecule has 0 aliphatic heterocycles. The molecule has 0 aromatic heterocycles. The zero-order chi connectivity index (χ0) is 24.5. The number of ether oxygens (including phenoxy) is 2. The van der Waals surface area contributed by atoms with Crippen molar-refractivity contribution < 1.29 is 39.9 Å². The molecule has 0 amide bonds. The monoisotopic (exact) mass is 519 g/mol. The molecule has 1 unspecified atom stereocenters. The van der Waals surface area contributed by atoms with Gasteiger partial charge in [-0.3, -0.25) is 4.55 Å². The van der Waals surface area contributed by atoms with Gasteiger partial charge in [0.2, 0.25) is 0 Å². The van der Waals surface area contributed by atoms with Crippen LogP contribution in [0.1, 0.15) is 45.4 Å². The van der Waals surface area contributed by atoms with E-state index in [0.717, 1.165) is 39.0 Å². The standard InChI is InChI=1S/C20H45NO8S2Si/c1-4-14-28-16-17-29-15-13-21(12-9-20-32(2)3,10-5-7-18-30(22,23)24)11-6-8-19-31(25,26)27/h32H,4-20H2,1-3H3,(H-,22,23,24,25,26,27). The molecule has 0 aliphatic rings. The van der Waals surface area contributed by atoms with E-state index in [-0.39, 0.29) is 11.5 Å². The maximum atomic E-state index is 11.1. The Hall–Kier alpha value is -0.0831. The summed E-state index contributed by atoms with van der Waals surface area (Å²) >= 11 is 0. The van der Waals surface area contributed by atoms with Crippen LogP contribution in [0.2, 0.25) is 19.1 Å². The molecule has 32 heavy (non-hydrogen) atoms. The molecule has 194 valence electrons. The van der Waals surface area contributed by atoms with Gasteiger partial charge in [0.15, 0.2) is 0 Å². The first-order chi connectivity index (χ1) is 14.9. The molecule has 0 heterocycles. The summed E-state index contributed by atoms with van der Waals surface area (Å²) in [4.78, 5) is 0. The first-order valence-electron chi connectivity index (χ1n) is 11.8. The highest BCUT2D eigenvalue weighted by atomic mass is 32.2. The van der Waals surface area contributed by atoms with Crippen molar-refractivity contribution in [3.05, 3.63) is 0 Å². The summed E-state index contributed by atoms with van der Waals surface area (Å²) in [6.45, 7) is 12.1. The van der Waals surface area contributed by atoms with Gasteiger partial charge in [-0.1, -0.05) is 26.1 Å². The second kappa shape index (κ2) is 17.4. The molecule has 0 aromatic rings. The van der Waals surface area contributed by atoms with Crippen molar-refractivity contribution in [2.24, 2.45) is 0 Å². The topological polar surface area (TPSA) is 130 Å². The highest BCUT2D eigenvalue weighted by Crippen LogP contribution is 2.16. The summed E-state index contributed by atoms with van der Waals surface area (Å²) in [5.41, 5.74) is 0. The molecule has 0 spiro atoms. The third-order valence-corrected chi connectivity index (χ3v) is 8.56. The number of rotatable bonds is 22. The van der Waals surface area contributed by atoms with E-state index in [1.54, 1.807) is 0 Å². The minimum atomic E-state index is -4.22. The van der Waals surface area contributed by atoms with Gasteiger partial charge in [-0.15, -0.1) is 0 Å². The van der Waals surface area contributed by atoms with Crippen molar-refractivity contribution in [1.29, 1.82) is 0 Å². The van der Waals surface area contributed by atoms with E-state index in [1.807, 2.05) is 6.92 Å². The van der Waals surface area contributed by atoms with E-state index >= 15 is 0 Å². The normalized spacial score (nSPS) is 14.7. The Morgan fingerprint density at radius 3 is 1.81 bits per heavy atom. The van der Waals surface area contributed by atoms with Crippen LogP contribution in [0.15, 0.2) is 0 Å². The Morgan fingerprint density at radius 2 is 1.31 bits per heavy atom. The summed E-state index contributed by atoms with van der Waals surface area (Å²) in [7, 11) is -8.92. The second-order valence-corrected chi connectivity index (χ2v) is 15.4. The molecule has 0 aromatic carbocycles. The highest BCUT2D eigenvalue weighted by molar-refractivity contribution is 7.85. The zero-order valence-electron chi connectivity index (χ0n) is 20.2. The van der Waals surface area contributed by atoms with Gasteiger partial charge >= 0.3 is 0 Å². The summed E-state index contributed by atoms with van der Waals surface area (Å²) in [5.74, 6) is -0.620. The lowest BCUT2D eigenvalue weighted by molar-refractivity contribution is -0.929. The molecule has 0 fully saturated rings. The largest absolute Gasteiger partial charge is 0.748 e. The molecular weight excluding hydrogens is 474 g/mol. The minimum absolute atomic E-state index is 0.258. The second-order valence-electron chi connectivity index (χ2n) is 8.96. The van der Waals surface area contributed by atoms with Crippen molar-refractivity contribution in [2.45, 2.75) is 64.6 Å². The summed E-state index contributed by atoms with van der Waals surface area (Å²) in [6, 6.07) is 1.20. The highest BCUT2D eigenvalue weighted by Gasteiger charge is 2.27. The van der Waals surface area contributed by atoms with Gasteiger partial charge in [-0.2, -0.15) is 8.42 Å². The van der Waals surface area contributed by atoms with Crippen LogP contribution in [-0.4, -0.2) is 103 Å². The Bertz CT molecular complexity index is 631. The van der Waals surface area contributed by atoms with Gasteiger partial charge in [0.1, 0.15) is 6.54 Å². The molecule has 9 nitrogen and oxygen atoms in total. The summed E-state index contributed by atoms with van der Waals surface area (Å²) in [5, 5.41) is 0. The number of quaternary nitrogens is 1. The van der Waals surface area contributed by atoms with E-state index in [0.29, 0.717) is 56.6 Å². The lowest BCUT2D eigenvalue weighted by atomic mass is 10.2. The van der Waals surface area contributed by atoms with Crippen LogP contribution >= 0.6 is 0 Å². The predicted molar refractivity (Wildman–Crippen MR) is 129 cm³/mol. The van der Waals surface area contributed by atoms with E-state index in [1.165, 1.54) is 6.04 Å². The molecule has 0 saturated heterocycles. The van der Waals surface area contributed by atoms with Crippen molar-refractivity contribution in [1.82, 2.24) is 0 Å². The van der Waals surface area contributed by atoms with E-state index < -0.39 is 29.0 Å². The fraction of sp³-hybridized carbons (Fsp3) is 1.00. The number of hydrogen-bond acceptors (Lipinski definition) is 7. The molecule has 0 saturated carbocycles. The molecule has 0 radical (unpaired) electrons. The van der Waals surface area contributed by atoms with Gasteiger partial charge in [0, 0.05) is 21.2 Å². The molecule has 1 atom stereocenters. The molecule has 1 N–H and O–H groups in total. The SMILES string of the molecule is CCCOCCOCC[N+](CCCCS(=O)(=O)[O-])(CCCCS(=O)(=O)O)CCC[SiH](C)C. The quantitative estimate of drug-likeness (QED) is 0.0996. The van der Waals surface area contributed by atoms with Crippen LogP contribution in [0.3, 0.4) is 0 Å². The minimum Gasteiger partial charge on any atom is -0.748 e. The number of unbranched alkanes of at least 4 members (excludes halogenated alkanes) is 2. The predicted octanol–water partition coefficient (Wildman–Crippen LogP) is 2.12. The van der Waals surface area contributed by atoms with Crippen LogP contribution in [0.25, 0.3) is 0 Å². The number of hydrogen-bond donors (Lipinski definition) is 1. The Kier molecular flexibility index (Phi) is 17.3. The fourth-order valence-electron chi connectivity index (χ4n) is 3.69. The maximum absolute atomic E-state index is 11.1. The summed E-state index contributed by atoms with van der Waals surface area (Å²) in [6.07, 6.45) is 3.96. The molecule has 0 aliphatic carbocycles. The lowest BCUT2D eigenvalue weighted by Gasteiger charge is -2.39. The van der Waals surface area contributed by atoms with E-state index in [9.17, 15) is 21.4 Å². The van der Waals surface area contributed by atoms with Crippen LogP contribution < -0.4 is 0 Å². The smallest absolute Gasteiger partial charge is 0.264 e. The van der Waals surface area contributed by atoms with E-state index in [2.05, 4.69) is 13.1 Å². The average molecular weight is 520 g/mol. The molecule has 12 heteroatoms. The van der Waals surface area contributed by atoms with Gasteiger partial charge < -0.3 is 18.5 Å². The van der Waals surface area contributed by atoms with Crippen LogP contribution in [-0.2, 0) is 29.7 Å². The van der Waals surface area contributed by atoms with Gasteiger partial charge in [-0.25, -0.2) is 8.42 Å². The molecular formula is C20H45NO8S2Si. The van der Waals surface area contributed by atoms with Crippen molar-refractivity contribution >= 4 is 29.0 Å². The average Bonchev–Trinajstić information content (AvgIpc) is 2.66. The summed E-state index contributed by atoms with van der Waals surface area (Å²) < 4.78 is 75.9. The van der Waals surface area contributed by atoms with Gasteiger partial charge in [0.05, 0.1) is 55.3 Å². The van der Waals surface area contributed by atoms with Crippen LogP contribution in [0, 0.1) is 0 Å². The maximum Gasteiger partial charge on any atom is 0.264 e. The Labute approximate surface area is 197 Å². The van der Waals surface area contributed by atoms with E-state index in [4.69, 9.17) is 14.0 Å². The zero-order valence-corrected chi connectivity index (χ0v) is 23.0. The van der Waals surface area contributed by atoms with Gasteiger partial charge in [0.25, 0.3) is 10.1 Å². The first kappa shape index (κ1) is 31.9.